The Morgan fingerprint density at radius 2 is 1.46 bits per heavy atom. The molecule has 1 aliphatic heterocycles. The highest BCUT2D eigenvalue weighted by atomic mass is 32.2. The molecule has 0 radical (unpaired) electrons. The molecular weight excluding hydrogens is 370 g/mol. The number of para-hydroxylation sites is 1. The van der Waals surface area contributed by atoms with Crippen LogP contribution >= 0.6 is 11.8 Å². The largest absolute Gasteiger partial charge is 0.493 e. The van der Waals surface area contributed by atoms with Crippen molar-refractivity contribution in [2.45, 2.75) is 9.79 Å². The fraction of sp³-hybridized carbons (Fsp3) is 0.130. The summed E-state index contributed by atoms with van der Waals surface area (Å²) in [6.07, 6.45) is 0. The molecule has 0 unspecified atom stereocenters. The second-order valence-corrected chi connectivity index (χ2v) is 7.41. The zero-order valence-electron chi connectivity index (χ0n) is 16.0. The van der Waals surface area contributed by atoms with E-state index in [0.29, 0.717) is 17.2 Å². The number of nitrogens with one attached hydrogen (secondary N) is 1. The van der Waals surface area contributed by atoms with Gasteiger partial charge in [-0.05, 0) is 53.1 Å². The lowest BCUT2D eigenvalue weighted by Gasteiger charge is -2.22. The van der Waals surface area contributed by atoms with Gasteiger partial charge in [0.05, 0.1) is 32.7 Å². The first-order valence-electron chi connectivity index (χ1n) is 8.82. The fourth-order valence-electron chi connectivity index (χ4n) is 3.25. The van der Waals surface area contributed by atoms with E-state index in [1.165, 1.54) is 9.79 Å². The number of fused-ring (bicyclic) bond motifs is 2. The van der Waals surface area contributed by atoms with Crippen LogP contribution in [0.5, 0.6) is 17.2 Å². The first kappa shape index (κ1) is 18.3. The number of rotatable bonds is 5. The number of anilines is 2. The van der Waals surface area contributed by atoms with Crippen LogP contribution in [0, 0.1) is 0 Å². The molecule has 4 rings (SSSR count). The number of benzene rings is 3. The molecule has 0 saturated carbocycles. The lowest BCUT2D eigenvalue weighted by molar-refractivity contribution is 0.324. The Bertz CT molecular complexity index is 1040. The molecule has 3 aromatic carbocycles. The number of hydrogen-bond donors (Lipinski definition) is 1. The molecule has 142 valence electrons. The predicted octanol–water partition coefficient (Wildman–Crippen LogP) is 5.98. The standard InChI is InChI=1S/C23H21NO3S/c1-14(16-12-19(25-2)23(27-4)20(13-16)26-3)15-9-10-22-18(11-15)24-17-7-5-6-8-21(17)28-22/h5-13,24H,1H2,2-4H3. The van der Waals surface area contributed by atoms with Crippen molar-refractivity contribution in [2.24, 2.45) is 0 Å². The van der Waals surface area contributed by atoms with Gasteiger partial charge in [0.1, 0.15) is 0 Å². The molecule has 1 N–H and O–H groups in total. The molecule has 28 heavy (non-hydrogen) atoms. The first-order chi connectivity index (χ1) is 13.6. The normalized spacial score (nSPS) is 11.7. The molecule has 0 amide bonds. The van der Waals surface area contributed by atoms with Crippen molar-refractivity contribution in [3.8, 4) is 17.2 Å². The van der Waals surface area contributed by atoms with Crippen molar-refractivity contribution in [1.29, 1.82) is 0 Å². The average molecular weight is 391 g/mol. The Hall–Kier alpha value is -3.05. The molecule has 0 atom stereocenters. The summed E-state index contributed by atoms with van der Waals surface area (Å²) in [7, 11) is 4.82. The third kappa shape index (κ3) is 3.18. The Labute approximate surface area is 169 Å². The van der Waals surface area contributed by atoms with Crippen molar-refractivity contribution < 1.29 is 14.2 Å². The van der Waals surface area contributed by atoms with Crippen LogP contribution in [0.15, 0.2) is 71.0 Å². The van der Waals surface area contributed by atoms with Crippen LogP contribution in [0.25, 0.3) is 5.57 Å². The quantitative estimate of drug-likeness (QED) is 0.453. The van der Waals surface area contributed by atoms with Gasteiger partial charge in [-0.2, -0.15) is 0 Å². The summed E-state index contributed by atoms with van der Waals surface area (Å²) in [5.74, 6) is 1.79. The van der Waals surface area contributed by atoms with Crippen LogP contribution < -0.4 is 19.5 Å². The number of ether oxygens (including phenoxy) is 3. The minimum Gasteiger partial charge on any atom is -0.493 e. The summed E-state index contributed by atoms with van der Waals surface area (Å²) in [5.41, 5.74) is 5.02. The highest BCUT2D eigenvalue weighted by molar-refractivity contribution is 7.99. The summed E-state index contributed by atoms with van der Waals surface area (Å²) in [6, 6.07) is 18.5. The number of hydrogen-bond acceptors (Lipinski definition) is 5. The fourth-order valence-corrected chi connectivity index (χ4v) is 4.22. The monoisotopic (exact) mass is 391 g/mol. The summed E-state index contributed by atoms with van der Waals surface area (Å²) >= 11 is 1.77. The molecule has 0 spiro atoms. The molecule has 0 bridgehead atoms. The van der Waals surface area contributed by atoms with Gasteiger partial charge in [0.2, 0.25) is 5.75 Å². The van der Waals surface area contributed by atoms with Crippen molar-refractivity contribution >= 4 is 28.7 Å². The van der Waals surface area contributed by atoms with Crippen molar-refractivity contribution in [1.82, 2.24) is 0 Å². The Morgan fingerprint density at radius 1 is 0.786 bits per heavy atom. The highest BCUT2D eigenvalue weighted by Crippen LogP contribution is 2.46. The lowest BCUT2D eigenvalue weighted by Crippen LogP contribution is -2.01. The topological polar surface area (TPSA) is 39.7 Å². The van der Waals surface area contributed by atoms with Crippen molar-refractivity contribution in [2.75, 3.05) is 26.6 Å². The van der Waals surface area contributed by atoms with Crippen LogP contribution in [0.4, 0.5) is 11.4 Å². The molecule has 1 aliphatic rings. The molecule has 0 aromatic heterocycles. The second-order valence-electron chi connectivity index (χ2n) is 6.33. The highest BCUT2D eigenvalue weighted by Gasteiger charge is 2.18. The van der Waals surface area contributed by atoms with Crippen molar-refractivity contribution in [3.63, 3.8) is 0 Å². The van der Waals surface area contributed by atoms with E-state index in [1.54, 1.807) is 33.1 Å². The molecule has 1 heterocycles. The third-order valence-electron chi connectivity index (χ3n) is 4.72. The first-order valence-corrected chi connectivity index (χ1v) is 9.64. The minimum absolute atomic E-state index is 0.571. The van der Waals surface area contributed by atoms with Gasteiger partial charge in [-0.25, -0.2) is 0 Å². The van der Waals surface area contributed by atoms with Crippen LogP contribution in [0.3, 0.4) is 0 Å². The van der Waals surface area contributed by atoms with Gasteiger partial charge in [-0.3, -0.25) is 0 Å². The SMILES string of the molecule is C=C(c1ccc2c(c1)Nc1ccccc1S2)c1cc(OC)c(OC)c(OC)c1. The van der Waals surface area contributed by atoms with E-state index in [2.05, 4.69) is 48.3 Å². The summed E-state index contributed by atoms with van der Waals surface area (Å²) < 4.78 is 16.4. The van der Waals surface area contributed by atoms with E-state index in [-0.39, 0.29) is 0 Å². The molecule has 0 saturated heterocycles. The van der Waals surface area contributed by atoms with Gasteiger partial charge in [0.15, 0.2) is 11.5 Å². The average Bonchev–Trinajstić information content (AvgIpc) is 2.75. The summed E-state index contributed by atoms with van der Waals surface area (Å²) in [6.45, 7) is 4.31. The Kier molecular flexibility index (Phi) is 4.92. The van der Waals surface area contributed by atoms with Crippen molar-refractivity contribution in [3.05, 3.63) is 72.3 Å². The maximum Gasteiger partial charge on any atom is 0.203 e. The van der Waals surface area contributed by atoms with E-state index in [1.807, 2.05) is 18.2 Å². The van der Waals surface area contributed by atoms with E-state index >= 15 is 0 Å². The van der Waals surface area contributed by atoms with Gasteiger partial charge in [0.25, 0.3) is 0 Å². The van der Waals surface area contributed by atoms with Gasteiger partial charge in [-0.1, -0.05) is 36.5 Å². The van der Waals surface area contributed by atoms with E-state index in [9.17, 15) is 0 Å². The number of methoxy groups -OCH3 is 3. The molecular formula is C23H21NO3S. The van der Waals surface area contributed by atoms with Gasteiger partial charge >= 0.3 is 0 Å². The molecule has 4 nitrogen and oxygen atoms in total. The van der Waals surface area contributed by atoms with E-state index in [0.717, 1.165) is 28.1 Å². The zero-order chi connectivity index (χ0) is 19.7. The van der Waals surface area contributed by atoms with E-state index < -0.39 is 0 Å². The van der Waals surface area contributed by atoms with Crippen LogP contribution in [-0.2, 0) is 0 Å². The summed E-state index contributed by atoms with van der Waals surface area (Å²) in [4.78, 5) is 2.42. The maximum atomic E-state index is 5.47. The van der Waals surface area contributed by atoms with Crippen LogP contribution in [0.1, 0.15) is 11.1 Å². The molecule has 3 aromatic rings. The minimum atomic E-state index is 0.571. The zero-order valence-corrected chi connectivity index (χ0v) is 16.9. The molecule has 0 fully saturated rings. The maximum absolute atomic E-state index is 5.47. The lowest BCUT2D eigenvalue weighted by atomic mass is 9.98. The molecule has 0 aliphatic carbocycles. The third-order valence-corrected chi connectivity index (χ3v) is 5.87. The second kappa shape index (κ2) is 7.52. The Morgan fingerprint density at radius 3 is 2.14 bits per heavy atom. The predicted molar refractivity (Wildman–Crippen MR) is 115 cm³/mol. The van der Waals surface area contributed by atoms with E-state index in [4.69, 9.17) is 14.2 Å². The smallest absolute Gasteiger partial charge is 0.203 e. The van der Waals surface area contributed by atoms with Gasteiger partial charge < -0.3 is 19.5 Å². The molecule has 5 heteroatoms. The van der Waals surface area contributed by atoms with Gasteiger partial charge in [-0.15, -0.1) is 0 Å². The Balaban J connectivity index is 1.70. The van der Waals surface area contributed by atoms with Crippen LogP contribution in [0.2, 0.25) is 0 Å². The van der Waals surface area contributed by atoms with Gasteiger partial charge in [0, 0.05) is 9.79 Å². The van der Waals surface area contributed by atoms with Crippen LogP contribution in [-0.4, -0.2) is 21.3 Å². The summed E-state index contributed by atoms with van der Waals surface area (Å²) in [5, 5.41) is 3.52.